The van der Waals surface area contributed by atoms with E-state index in [1.165, 1.54) is 16.2 Å². The first-order valence-corrected chi connectivity index (χ1v) is 16.7. The standard InChI is InChI=1S/C34H40N4O7S/c39-29(24-12-6-2-7-13-24)30(40)26(20-23-10-4-1-5-11-23)36-32(41)28(27-21-46-22-35-27)37-33(42)31(25-14-8-3-9-15-25)45-34(43)38-16-18-44-19-17-38/h2-3,6-9,12-15,21-23,26,28,30-31,40H,1,4-5,10-11,16-20H2,(H,36,41)(H,37,42). The summed E-state index contributed by atoms with van der Waals surface area (Å²) in [6.45, 7) is 1.39. The number of Topliss-reactive ketones (excluding diaryl/α,β-unsaturated/α-hetero) is 1. The van der Waals surface area contributed by atoms with Crippen molar-refractivity contribution in [2.75, 3.05) is 26.3 Å². The highest BCUT2D eigenvalue weighted by molar-refractivity contribution is 7.07. The molecule has 5 rings (SSSR count). The van der Waals surface area contributed by atoms with Crippen LogP contribution in [0.5, 0.6) is 0 Å². The van der Waals surface area contributed by atoms with E-state index in [0.717, 1.165) is 32.1 Å². The summed E-state index contributed by atoms with van der Waals surface area (Å²) in [6, 6.07) is 14.9. The van der Waals surface area contributed by atoms with E-state index in [2.05, 4.69) is 15.6 Å². The van der Waals surface area contributed by atoms with Crippen LogP contribution in [0, 0.1) is 5.92 Å². The average Bonchev–Trinajstić information content (AvgIpc) is 3.65. The molecule has 2 aromatic carbocycles. The Labute approximate surface area is 272 Å². The van der Waals surface area contributed by atoms with E-state index in [4.69, 9.17) is 9.47 Å². The second kappa shape index (κ2) is 16.4. The van der Waals surface area contributed by atoms with Crippen LogP contribution in [-0.4, -0.2) is 77.1 Å². The summed E-state index contributed by atoms with van der Waals surface area (Å²) in [6.07, 6.45) is 2.02. The van der Waals surface area contributed by atoms with Crippen molar-refractivity contribution in [3.63, 3.8) is 0 Å². The Morgan fingerprint density at radius 2 is 1.61 bits per heavy atom. The van der Waals surface area contributed by atoms with Gasteiger partial charge in [0.15, 0.2) is 11.8 Å². The van der Waals surface area contributed by atoms with Gasteiger partial charge in [0.05, 0.1) is 30.5 Å². The predicted molar refractivity (Wildman–Crippen MR) is 171 cm³/mol. The first kappa shape index (κ1) is 33.2. The third-order valence-electron chi connectivity index (χ3n) is 8.47. The first-order valence-electron chi connectivity index (χ1n) is 15.7. The van der Waals surface area contributed by atoms with Gasteiger partial charge in [0, 0.05) is 29.6 Å². The normalized spacial score (nSPS) is 18.1. The van der Waals surface area contributed by atoms with Gasteiger partial charge in [0.2, 0.25) is 12.0 Å². The quantitative estimate of drug-likeness (QED) is 0.248. The lowest BCUT2D eigenvalue weighted by Gasteiger charge is -2.31. The molecule has 3 N–H and O–H groups in total. The number of nitrogens with one attached hydrogen (secondary N) is 2. The molecule has 1 saturated heterocycles. The minimum Gasteiger partial charge on any atom is -0.431 e. The lowest BCUT2D eigenvalue weighted by Crippen LogP contribution is -2.52. The highest BCUT2D eigenvalue weighted by Crippen LogP contribution is 2.29. The van der Waals surface area contributed by atoms with Gasteiger partial charge in [0.1, 0.15) is 6.10 Å². The summed E-state index contributed by atoms with van der Waals surface area (Å²) in [5.74, 6) is -1.61. The molecule has 46 heavy (non-hydrogen) atoms. The van der Waals surface area contributed by atoms with Gasteiger partial charge in [-0.05, 0) is 12.3 Å². The highest BCUT2D eigenvalue weighted by atomic mass is 32.1. The zero-order valence-electron chi connectivity index (χ0n) is 25.6. The van der Waals surface area contributed by atoms with Gasteiger partial charge in [-0.3, -0.25) is 14.4 Å². The molecule has 0 radical (unpaired) electrons. The molecule has 1 aliphatic carbocycles. The molecule has 0 bridgehead atoms. The number of amides is 3. The number of ether oxygens (including phenoxy) is 2. The molecule has 1 aromatic heterocycles. The van der Waals surface area contributed by atoms with Crippen molar-refractivity contribution in [3.8, 4) is 0 Å². The highest BCUT2D eigenvalue weighted by Gasteiger charge is 2.36. The molecule has 4 atom stereocenters. The number of rotatable bonds is 12. The number of hydrogen-bond acceptors (Lipinski definition) is 9. The minimum atomic E-state index is -1.49. The molecule has 2 heterocycles. The maximum Gasteiger partial charge on any atom is 0.411 e. The van der Waals surface area contributed by atoms with Crippen LogP contribution in [0.2, 0.25) is 0 Å². The number of aliphatic hydroxyl groups is 1. The number of morpholine rings is 1. The summed E-state index contributed by atoms with van der Waals surface area (Å²) in [5, 5.41) is 18.6. The number of benzene rings is 2. The molecule has 244 valence electrons. The van der Waals surface area contributed by atoms with Crippen LogP contribution in [0.3, 0.4) is 0 Å². The fraction of sp³-hybridized carbons (Fsp3) is 0.441. The second-order valence-electron chi connectivity index (χ2n) is 11.7. The van der Waals surface area contributed by atoms with Crippen molar-refractivity contribution in [2.24, 2.45) is 5.92 Å². The third-order valence-corrected chi connectivity index (χ3v) is 9.08. The Bertz CT molecular complexity index is 1430. The van der Waals surface area contributed by atoms with E-state index in [1.807, 2.05) is 0 Å². The number of aromatic nitrogens is 1. The monoisotopic (exact) mass is 648 g/mol. The number of carbonyl (C=O) groups excluding carboxylic acids is 4. The van der Waals surface area contributed by atoms with Crippen LogP contribution in [0.1, 0.15) is 72.3 Å². The molecule has 1 aliphatic heterocycles. The van der Waals surface area contributed by atoms with Crippen LogP contribution in [0.25, 0.3) is 0 Å². The van der Waals surface area contributed by atoms with Gasteiger partial charge < -0.3 is 30.1 Å². The Morgan fingerprint density at radius 1 is 0.935 bits per heavy atom. The summed E-state index contributed by atoms with van der Waals surface area (Å²) in [4.78, 5) is 60.0. The molecular formula is C34H40N4O7S. The van der Waals surface area contributed by atoms with Crippen molar-refractivity contribution in [1.29, 1.82) is 0 Å². The van der Waals surface area contributed by atoms with E-state index >= 15 is 0 Å². The van der Waals surface area contributed by atoms with E-state index < -0.39 is 48.0 Å². The molecule has 2 aliphatic rings. The Kier molecular flexibility index (Phi) is 11.9. The number of thiazole rings is 1. The van der Waals surface area contributed by atoms with Crippen molar-refractivity contribution in [1.82, 2.24) is 20.5 Å². The smallest absolute Gasteiger partial charge is 0.411 e. The number of carbonyl (C=O) groups is 4. The van der Waals surface area contributed by atoms with Crippen LogP contribution in [0.4, 0.5) is 4.79 Å². The summed E-state index contributed by atoms with van der Waals surface area (Å²) < 4.78 is 11.0. The van der Waals surface area contributed by atoms with Crippen molar-refractivity contribution in [2.45, 2.75) is 62.8 Å². The second-order valence-corrected chi connectivity index (χ2v) is 12.4. The van der Waals surface area contributed by atoms with Gasteiger partial charge in [0.25, 0.3) is 5.91 Å². The molecule has 0 spiro atoms. The summed E-state index contributed by atoms with van der Waals surface area (Å²) >= 11 is 1.25. The molecule has 2 fully saturated rings. The predicted octanol–water partition coefficient (Wildman–Crippen LogP) is 4.21. The molecule has 4 unspecified atom stereocenters. The molecule has 11 nitrogen and oxygen atoms in total. The number of nitrogens with zero attached hydrogens (tertiary/aromatic N) is 2. The van der Waals surface area contributed by atoms with Gasteiger partial charge in [-0.25, -0.2) is 9.78 Å². The van der Waals surface area contributed by atoms with Gasteiger partial charge in [-0.2, -0.15) is 0 Å². The molecule has 3 aromatic rings. The maximum atomic E-state index is 14.0. The van der Waals surface area contributed by atoms with Gasteiger partial charge in [-0.1, -0.05) is 92.8 Å². The van der Waals surface area contributed by atoms with Crippen molar-refractivity contribution in [3.05, 3.63) is 88.4 Å². The maximum absolute atomic E-state index is 14.0. The molecular weight excluding hydrogens is 608 g/mol. The average molecular weight is 649 g/mol. The Balaban J connectivity index is 1.37. The SMILES string of the molecule is O=C(NC(CC1CCCCC1)C(O)C(=O)c1ccccc1)C(NC(=O)C(OC(=O)N1CCOCC1)c1ccccc1)c1cscn1. The van der Waals surface area contributed by atoms with E-state index in [0.29, 0.717) is 43.9 Å². The fourth-order valence-corrected chi connectivity index (χ4v) is 6.53. The zero-order chi connectivity index (χ0) is 32.3. The van der Waals surface area contributed by atoms with E-state index in [-0.39, 0.29) is 11.6 Å². The molecule has 12 heteroatoms. The van der Waals surface area contributed by atoms with E-state index in [9.17, 15) is 24.3 Å². The van der Waals surface area contributed by atoms with Crippen molar-refractivity contribution < 1.29 is 33.8 Å². The Morgan fingerprint density at radius 3 is 2.26 bits per heavy atom. The van der Waals surface area contributed by atoms with Crippen LogP contribution >= 0.6 is 11.3 Å². The lowest BCUT2D eigenvalue weighted by molar-refractivity contribution is -0.135. The van der Waals surface area contributed by atoms with Gasteiger partial charge >= 0.3 is 6.09 Å². The number of aliphatic hydroxyl groups excluding tert-OH is 1. The lowest BCUT2D eigenvalue weighted by atomic mass is 9.82. The number of ketones is 1. The molecule has 1 saturated carbocycles. The van der Waals surface area contributed by atoms with Gasteiger partial charge in [-0.15, -0.1) is 11.3 Å². The summed E-state index contributed by atoms with van der Waals surface area (Å²) in [7, 11) is 0. The summed E-state index contributed by atoms with van der Waals surface area (Å²) in [5.41, 5.74) is 2.60. The topological polar surface area (TPSA) is 147 Å². The number of hydrogen-bond donors (Lipinski definition) is 3. The van der Waals surface area contributed by atoms with Crippen LogP contribution in [0.15, 0.2) is 71.6 Å². The Hall–Kier alpha value is -4.13. The van der Waals surface area contributed by atoms with Crippen LogP contribution < -0.4 is 10.6 Å². The third kappa shape index (κ3) is 8.77. The van der Waals surface area contributed by atoms with Crippen molar-refractivity contribution >= 4 is 35.0 Å². The fourth-order valence-electron chi connectivity index (χ4n) is 5.95. The van der Waals surface area contributed by atoms with E-state index in [1.54, 1.807) is 71.6 Å². The zero-order valence-corrected chi connectivity index (χ0v) is 26.4. The van der Waals surface area contributed by atoms with Crippen LogP contribution in [-0.2, 0) is 19.1 Å². The molecule has 3 amide bonds. The first-order chi connectivity index (χ1) is 22.4. The largest absolute Gasteiger partial charge is 0.431 e. The minimum absolute atomic E-state index is 0.228.